The van der Waals surface area contributed by atoms with Crippen molar-refractivity contribution in [3.05, 3.63) is 91.8 Å². The Hall–Kier alpha value is -4.68. The number of amides is 3. The summed E-state index contributed by atoms with van der Waals surface area (Å²) >= 11 is 7.54. The Morgan fingerprint density at radius 1 is 0.842 bits per heavy atom. The Balaban J connectivity index is 1.38. The summed E-state index contributed by atoms with van der Waals surface area (Å²) in [6, 6.07) is 14.4. The number of non-ortho nitro benzene ring substituents is 1. The van der Waals surface area contributed by atoms with Gasteiger partial charge in [0.05, 0.1) is 24.2 Å². The number of fused-ring (bicyclic) bond motifs is 1. The van der Waals surface area contributed by atoms with E-state index in [9.17, 15) is 24.5 Å². The molecule has 0 unspecified atom stereocenters. The highest BCUT2D eigenvalue weighted by Crippen LogP contribution is 2.41. The molecule has 0 bridgehead atoms. The molecule has 0 aliphatic heterocycles. The molecule has 1 aromatic heterocycles. The van der Waals surface area contributed by atoms with Gasteiger partial charge in [0.15, 0.2) is 11.5 Å². The van der Waals surface area contributed by atoms with Crippen LogP contribution in [0.15, 0.2) is 60.7 Å². The Labute approximate surface area is 224 Å². The maximum Gasteiger partial charge on any atom is 0.281 e. The third-order valence-corrected chi connectivity index (χ3v) is 7.03. The molecule has 3 N–H and O–H groups in total. The monoisotopic (exact) mass is 554 g/mol. The molecule has 38 heavy (non-hydrogen) atoms. The first kappa shape index (κ1) is 26.4. The number of benzene rings is 3. The zero-order valence-corrected chi connectivity index (χ0v) is 21.4. The number of nitrogens with zero attached hydrogens (tertiary/aromatic N) is 1. The number of methoxy groups -OCH3 is 2. The summed E-state index contributed by atoms with van der Waals surface area (Å²) in [6.45, 7) is 0. The van der Waals surface area contributed by atoms with Crippen LogP contribution in [0, 0.1) is 10.1 Å². The van der Waals surface area contributed by atoms with E-state index in [4.69, 9.17) is 21.1 Å². The van der Waals surface area contributed by atoms with Crippen LogP contribution in [0.1, 0.15) is 30.4 Å². The molecule has 3 aromatic carbocycles. The molecular formula is C25H19ClN4O7S. The molecule has 0 aliphatic carbocycles. The third-order valence-electron chi connectivity index (χ3n) is 5.37. The van der Waals surface area contributed by atoms with Crippen molar-refractivity contribution in [2.24, 2.45) is 0 Å². The average molecular weight is 555 g/mol. The molecule has 0 radical (unpaired) electrons. The molecular weight excluding hydrogens is 536 g/mol. The molecule has 0 atom stereocenters. The molecule has 0 saturated heterocycles. The Bertz CT molecular complexity index is 1550. The summed E-state index contributed by atoms with van der Waals surface area (Å²) in [5.74, 6) is -0.709. The molecule has 1 heterocycles. The van der Waals surface area contributed by atoms with E-state index in [0.29, 0.717) is 27.3 Å². The minimum atomic E-state index is -0.602. The van der Waals surface area contributed by atoms with Crippen LogP contribution in [-0.2, 0) is 0 Å². The average Bonchev–Trinajstić information content (AvgIpc) is 3.26. The molecule has 4 aromatic rings. The highest BCUT2D eigenvalue weighted by Gasteiger charge is 2.20. The second-order valence-electron chi connectivity index (χ2n) is 7.69. The Morgan fingerprint density at radius 2 is 1.39 bits per heavy atom. The largest absolute Gasteiger partial charge is 0.493 e. The number of thiophene rings is 1. The van der Waals surface area contributed by atoms with Crippen LogP contribution in [0.5, 0.6) is 11.5 Å². The number of halogens is 1. The number of ether oxygens (including phenoxy) is 2. The number of hydrogen-bond acceptors (Lipinski definition) is 8. The van der Waals surface area contributed by atoms with Crippen LogP contribution >= 0.6 is 22.9 Å². The van der Waals surface area contributed by atoms with Crippen molar-refractivity contribution in [1.82, 2.24) is 10.9 Å². The van der Waals surface area contributed by atoms with Gasteiger partial charge in [-0.05, 0) is 42.5 Å². The predicted molar refractivity (Wildman–Crippen MR) is 142 cm³/mol. The first-order valence-corrected chi connectivity index (χ1v) is 12.0. The standard InChI is InChI=1S/C25H19ClN4O7S/c1-36-18-11-17-20(12-19(18)37-2)38-22(21(17)26)25(33)29-28-24(32)14-3-7-15(8-4-14)27-23(31)13-5-9-16(10-6-13)30(34)35/h3-12H,1-2H3,(H,27,31)(H,28,32)(H,29,33). The number of nitro benzene ring substituents is 1. The summed E-state index contributed by atoms with van der Waals surface area (Å²) in [5.41, 5.74) is 5.40. The molecule has 13 heteroatoms. The Morgan fingerprint density at radius 3 is 2.00 bits per heavy atom. The summed E-state index contributed by atoms with van der Waals surface area (Å²) in [4.78, 5) is 48.0. The van der Waals surface area contributed by atoms with E-state index in [2.05, 4.69) is 16.2 Å². The fourth-order valence-electron chi connectivity index (χ4n) is 3.42. The van der Waals surface area contributed by atoms with E-state index in [1.54, 1.807) is 12.1 Å². The van der Waals surface area contributed by atoms with Gasteiger partial charge in [0.1, 0.15) is 4.88 Å². The fraction of sp³-hybridized carbons (Fsp3) is 0.0800. The van der Waals surface area contributed by atoms with Gasteiger partial charge in [-0.1, -0.05) is 11.6 Å². The second kappa shape index (κ2) is 11.2. The molecule has 4 rings (SSSR count). The topological polar surface area (TPSA) is 149 Å². The van der Waals surface area contributed by atoms with E-state index in [1.807, 2.05) is 0 Å². The van der Waals surface area contributed by atoms with Gasteiger partial charge in [0.25, 0.3) is 23.4 Å². The quantitative estimate of drug-likeness (QED) is 0.219. The minimum Gasteiger partial charge on any atom is -0.493 e. The summed E-state index contributed by atoms with van der Waals surface area (Å²) in [6.07, 6.45) is 0. The van der Waals surface area contributed by atoms with E-state index >= 15 is 0 Å². The van der Waals surface area contributed by atoms with Gasteiger partial charge in [-0.15, -0.1) is 11.3 Å². The molecule has 0 saturated carbocycles. The highest BCUT2D eigenvalue weighted by molar-refractivity contribution is 7.21. The van der Waals surface area contributed by atoms with Gasteiger partial charge in [0, 0.05) is 45.1 Å². The Kier molecular flexibility index (Phi) is 7.74. The summed E-state index contributed by atoms with van der Waals surface area (Å²) in [5, 5.41) is 14.2. The number of nitro groups is 1. The van der Waals surface area contributed by atoms with E-state index < -0.39 is 22.6 Å². The molecule has 11 nitrogen and oxygen atoms in total. The van der Waals surface area contributed by atoms with Crippen LogP contribution in [-0.4, -0.2) is 36.9 Å². The fourth-order valence-corrected chi connectivity index (χ4v) is 4.84. The third kappa shape index (κ3) is 5.51. The zero-order valence-electron chi connectivity index (χ0n) is 19.9. The van der Waals surface area contributed by atoms with Gasteiger partial charge in [-0.3, -0.25) is 35.3 Å². The van der Waals surface area contributed by atoms with E-state index in [0.717, 1.165) is 11.3 Å². The molecule has 0 aliphatic rings. The van der Waals surface area contributed by atoms with Gasteiger partial charge < -0.3 is 14.8 Å². The van der Waals surface area contributed by atoms with Crippen molar-refractivity contribution in [3.8, 4) is 11.5 Å². The van der Waals surface area contributed by atoms with Gasteiger partial charge >= 0.3 is 0 Å². The second-order valence-corrected chi connectivity index (χ2v) is 9.12. The number of nitrogens with one attached hydrogen (secondary N) is 3. The van der Waals surface area contributed by atoms with Crippen LogP contribution in [0.3, 0.4) is 0 Å². The maximum atomic E-state index is 12.7. The van der Waals surface area contributed by atoms with Gasteiger partial charge in [-0.2, -0.15) is 0 Å². The van der Waals surface area contributed by atoms with Crippen molar-refractivity contribution < 1.29 is 28.8 Å². The minimum absolute atomic E-state index is 0.126. The number of carbonyl (C=O) groups excluding carboxylic acids is 3. The normalized spacial score (nSPS) is 10.5. The molecule has 0 spiro atoms. The van der Waals surface area contributed by atoms with Crippen LogP contribution in [0.4, 0.5) is 11.4 Å². The number of hydrogen-bond donors (Lipinski definition) is 3. The lowest BCUT2D eigenvalue weighted by molar-refractivity contribution is -0.384. The lowest BCUT2D eigenvalue weighted by Crippen LogP contribution is -2.41. The van der Waals surface area contributed by atoms with Crippen molar-refractivity contribution >= 4 is 62.1 Å². The smallest absolute Gasteiger partial charge is 0.281 e. The number of carbonyl (C=O) groups is 3. The predicted octanol–water partition coefficient (Wildman–Crippen LogP) is 4.81. The lowest BCUT2D eigenvalue weighted by atomic mass is 10.1. The van der Waals surface area contributed by atoms with Crippen LogP contribution in [0.2, 0.25) is 5.02 Å². The van der Waals surface area contributed by atoms with Crippen molar-refractivity contribution in [2.75, 3.05) is 19.5 Å². The van der Waals surface area contributed by atoms with E-state index in [1.165, 1.54) is 62.8 Å². The maximum absolute atomic E-state index is 12.7. The lowest BCUT2D eigenvalue weighted by Gasteiger charge is -2.08. The number of anilines is 1. The molecule has 3 amide bonds. The van der Waals surface area contributed by atoms with Crippen molar-refractivity contribution in [2.45, 2.75) is 0 Å². The van der Waals surface area contributed by atoms with Crippen LogP contribution < -0.4 is 25.6 Å². The zero-order chi connectivity index (χ0) is 27.4. The molecule has 194 valence electrons. The van der Waals surface area contributed by atoms with Gasteiger partial charge in [-0.25, -0.2) is 0 Å². The van der Waals surface area contributed by atoms with Gasteiger partial charge in [0.2, 0.25) is 0 Å². The first-order valence-electron chi connectivity index (χ1n) is 10.8. The summed E-state index contributed by atoms with van der Waals surface area (Å²) < 4.78 is 11.3. The summed E-state index contributed by atoms with van der Waals surface area (Å²) in [7, 11) is 2.99. The van der Waals surface area contributed by atoms with E-state index in [-0.39, 0.29) is 26.7 Å². The first-order chi connectivity index (χ1) is 18.2. The number of hydrazine groups is 1. The SMILES string of the molecule is COc1cc2sc(C(=O)NNC(=O)c3ccc(NC(=O)c4ccc([N+](=O)[O-])cc4)cc3)c(Cl)c2cc1OC. The van der Waals surface area contributed by atoms with Crippen molar-refractivity contribution in [3.63, 3.8) is 0 Å². The van der Waals surface area contributed by atoms with Crippen LogP contribution in [0.25, 0.3) is 10.1 Å². The van der Waals surface area contributed by atoms with Crippen molar-refractivity contribution in [1.29, 1.82) is 0 Å². The number of rotatable bonds is 7. The molecule has 0 fully saturated rings. The highest BCUT2D eigenvalue weighted by atomic mass is 35.5.